The predicted molar refractivity (Wildman–Crippen MR) is 85.2 cm³/mol. The lowest BCUT2D eigenvalue weighted by Crippen LogP contribution is -2.27. The standard InChI is InChI=1S/C16H24N2OS/c1-2-3-4-12-5-7-13(8-6-12)16(19)18-14-9-10-15(20)17-11-14/h9-13H,2-8H2,1H3,(H,17,20)(H,18,19). The van der Waals surface area contributed by atoms with Crippen molar-refractivity contribution < 1.29 is 4.79 Å². The molecule has 110 valence electrons. The molecule has 0 aromatic carbocycles. The highest BCUT2D eigenvalue weighted by Gasteiger charge is 2.25. The summed E-state index contributed by atoms with van der Waals surface area (Å²) in [5, 5.41) is 2.98. The molecule has 1 heterocycles. The van der Waals surface area contributed by atoms with Gasteiger partial charge in [-0.05, 0) is 43.7 Å². The van der Waals surface area contributed by atoms with E-state index in [1.807, 2.05) is 6.07 Å². The van der Waals surface area contributed by atoms with Crippen LogP contribution in [0.15, 0.2) is 18.3 Å². The second-order valence-corrected chi connectivity index (χ2v) is 6.23. The maximum atomic E-state index is 12.2. The number of nitrogens with one attached hydrogen (secondary N) is 2. The molecule has 1 aliphatic rings. The maximum absolute atomic E-state index is 12.2. The molecule has 3 nitrogen and oxygen atoms in total. The molecule has 0 unspecified atom stereocenters. The summed E-state index contributed by atoms with van der Waals surface area (Å²) in [5.41, 5.74) is 0.803. The number of pyridine rings is 1. The summed E-state index contributed by atoms with van der Waals surface area (Å²) in [6.45, 7) is 2.24. The molecular formula is C16H24N2OS. The fourth-order valence-corrected chi connectivity index (χ4v) is 3.07. The maximum Gasteiger partial charge on any atom is 0.227 e. The summed E-state index contributed by atoms with van der Waals surface area (Å²) in [7, 11) is 0. The number of unbranched alkanes of at least 4 members (excludes halogenated alkanes) is 1. The summed E-state index contributed by atoms with van der Waals surface area (Å²) < 4.78 is 0.680. The molecule has 1 aromatic heterocycles. The van der Waals surface area contributed by atoms with Crippen LogP contribution in [-0.2, 0) is 4.79 Å². The second kappa shape index (κ2) is 7.58. The minimum Gasteiger partial charge on any atom is -0.351 e. The third kappa shape index (κ3) is 4.44. The zero-order valence-corrected chi connectivity index (χ0v) is 13.0. The predicted octanol–water partition coefficient (Wildman–Crippen LogP) is 4.68. The summed E-state index contributed by atoms with van der Waals surface area (Å²) >= 11 is 4.99. The molecule has 4 heteroatoms. The van der Waals surface area contributed by atoms with Crippen LogP contribution in [0.3, 0.4) is 0 Å². The first kappa shape index (κ1) is 15.2. The number of hydrogen-bond acceptors (Lipinski definition) is 2. The van der Waals surface area contributed by atoms with Gasteiger partial charge in [0, 0.05) is 12.1 Å². The first-order chi connectivity index (χ1) is 9.69. The van der Waals surface area contributed by atoms with Crippen LogP contribution in [0.2, 0.25) is 0 Å². The normalized spacial score (nSPS) is 22.4. The quantitative estimate of drug-likeness (QED) is 0.774. The van der Waals surface area contributed by atoms with Crippen molar-refractivity contribution in [3.05, 3.63) is 23.0 Å². The van der Waals surface area contributed by atoms with Gasteiger partial charge in [-0.1, -0.05) is 38.4 Å². The van der Waals surface area contributed by atoms with E-state index in [2.05, 4.69) is 17.2 Å². The first-order valence-electron chi connectivity index (χ1n) is 7.68. The van der Waals surface area contributed by atoms with Crippen molar-refractivity contribution in [1.82, 2.24) is 4.98 Å². The Labute approximate surface area is 126 Å². The lowest BCUT2D eigenvalue weighted by atomic mass is 9.79. The summed E-state index contributed by atoms with van der Waals surface area (Å²) in [5.74, 6) is 1.17. The molecule has 2 rings (SSSR count). The number of aromatic amines is 1. The largest absolute Gasteiger partial charge is 0.351 e. The van der Waals surface area contributed by atoms with Crippen LogP contribution in [0.4, 0.5) is 5.69 Å². The molecule has 1 fully saturated rings. The average molecular weight is 292 g/mol. The topological polar surface area (TPSA) is 44.9 Å². The van der Waals surface area contributed by atoms with E-state index in [-0.39, 0.29) is 11.8 Å². The minimum atomic E-state index is 0.157. The van der Waals surface area contributed by atoms with Gasteiger partial charge in [-0.3, -0.25) is 4.79 Å². The van der Waals surface area contributed by atoms with Crippen LogP contribution < -0.4 is 5.32 Å². The van der Waals surface area contributed by atoms with Crippen LogP contribution in [0.25, 0.3) is 0 Å². The van der Waals surface area contributed by atoms with Gasteiger partial charge in [0.15, 0.2) is 0 Å². The SMILES string of the molecule is CCCCC1CCC(C(=O)Nc2ccc(=S)[nH]c2)CC1. The van der Waals surface area contributed by atoms with E-state index in [4.69, 9.17) is 12.2 Å². The highest BCUT2D eigenvalue weighted by Crippen LogP contribution is 2.32. The van der Waals surface area contributed by atoms with Crippen molar-refractivity contribution in [1.29, 1.82) is 0 Å². The van der Waals surface area contributed by atoms with Crippen LogP contribution in [0.1, 0.15) is 51.9 Å². The van der Waals surface area contributed by atoms with Crippen molar-refractivity contribution >= 4 is 23.8 Å². The van der Waals surface area contributed by atoms with Gasteiger partial charge in [-0.25, -0.2) is 0 Å². The molecule has 1 saturated carbocycles. The Morgan fingerprint density at radius 3 is 2.70 bits per heavy atom. The fourth-order valence-electron chi connectivity index (χ4n) is 2.94. The molecule has 0 spiro atoms. The number of anilines is 1. The Morgan fingerprint density at radius 2 is 2.10 bits per heavy atom. The van der Waals surface area contributed by atoms with E-state index in [9.17, 15) is 4.79 Å². The molecule has 0 aliphatic heterocycles. The average Bonchev–Trinajstić information content (AvgIpc) is 2.48. The lowest BCUT2D eigenvalue weighted by molar-refractivity contribution is -0.121. The van der Waals surface area contributed by atoms with E-state index in [1.165, 1.54) is 32.1 Å². The number of H-pyrrole nitrogens is 1. The van der Waals surface area contributed by atoms with Crippen molar-refractivity contribution in [3.8, 4) is 0 Å². The molecule has 20 heavy (non-hydrogen) atoms. The van der Waals surface area contributed by atoms with E-state index >= 15 is 0 Å². The van der Waals surface area contributed by atoms with Gasteiger partial charge in [-0.2, -0.15) is 0 Å². The van der Waals surface area contributed by atoms with E-state index < -0.39 is 0 Å². The van der Waals surface area contributed by atoms with Crippen LogP contribution in [0.5, 0.6) is 0 Å². The van der Waals surface area contributed by atoms with Gasteiger partial charge in [0.1, 0.15) is 4.64 Å². The smallest absolute Gasteiger partial charge is 0.227 e. The zero-order valence-electron chi connectivity index (χ0n) is 12.2. The van der Waals surface area contributed by atoms with E-state index in [0.717, 1.165) is 24.4 Å². The highest BCUT2D eigenvalue weighted by atomic mass is 32.1. The fraction of sp³-hybridized carbons (Fsp3) is 0.625. The summed E-state index contributed by atoms with van der Waals surface area (Å²) in [4.78, 5) is 15.2. The Hall–Kier alpha value is -1.16. The van der Waals surface area contributed by atoms with E-state index in [1.54, 1.807) is 12.3 Å². The molecule has 1 amide bonds. The molecule has 0 radical (unpaired) electrons. The van der Waals surface area contributed by atoms with Crippen LogP contribution >= 0.6 is 12.2 Å². The Kier molecular flexibility index (Phi) is 5.77. The van der Waals surface area contributed by atoms with Crippen LogP contribution in [0, 0.1) is 16.5 Å². The summed E-state index contributed by atoms with van der Waals surface area (Å²) in [6, 6.07) is 3.65. The number of aromatic nitrogens is 1. The van der Waals surface area contributed by atoms with Gasteiger partial charge in [0.25, 0.3) is 0 Å². The zero-order chi connectivity index (χ0) is 14.4. The molecular weight excluding hydrogens is 268 g/mol. The van der Waals surface area contributed by atoms with Crippen LogP contribution in [-0.4, -0.2) is 10.9 Å². The van der Waals surface area contributed by atoms with E-state index in [0.29, 0.717) is 4.64 Å². The molecule has 0 atom stereocenters. The molecule has 1 aromatic rings. The van der Waals surface area contributed by atoms with Crippen molar-refractivity contribution in [2.45, 2.75) is 51.9 Å². The third-order valence-electron chi connectivity index (χ3n) is 4.24. The number of hydrogen-bond donors (Lipinski definition) is 2. The number of carbonyl (C=O) groups excluding carboxylic acids is 1. The Balaban J connectivity index is 1.79. The minimum absolute atomic E-state index is 0.157. The lowest BCUT2D eigenvalue weighted by Gasteiger charge is -2.27. The number of rotatable bonds is 5. The number of carbonyl (C=O) groups is 1. The van der Waals surface area contributed by atoms with Crippen molar-refractivity contribution in [3.63, 3.8) is 0 Å². The Morgan fingerprint density at radius 1 is 1.35 bits per heavy atom. The van der Waals surface area contributed by atoms with Gasteiger partial charge >= 0.3 is 0 Å². The van der Waals surface area contributed by atoms with Gasteiger partial charge in [0.05, 0.1) is 5.69 Å². The molecule has 0 bridgehead atoms. The first-order valence-corrected chi connectivity index (χ1v) is 8.09. The Bertz CT molecular complexity index is 469. The number of amides is 1. The summed E-state index contributed by atoms with van der Waals surface area (Å²) in [6.07, 6.45) is 10.2. The van der Waals surface area contributed by atoms with Crippen molar-refractivity contribution in [2.75, 3.05) is 5.32 Å². The molecule has 0 saturated heterocycles. The highest BCUT2D eigenvalue weighted by molar-refractivity contribution is 7.71. The van der Waals surface area contributed by atoms with Gasteiger partial charge < -0.3 is 10.3 Å². The monoisotopic (exact) mass is 292 g/mol. The second-order valence-electron chi connectivity index (χ2n) is 5.79. The van der Waals surface area contributed by atoms with Crippen molar-refractivity contribution in [2.24, 2.45) is 11.8 Å². The third-order valence-corrected chi connectivity index (χ3v) is 4.49. The molecule has 1 aliphatic carbocycles. The van der Waals surface area contributed by atoms with Gasteiger partial charge in [0.2, 0.25) is 5.91 Å². The molecule has 2 N–H and O–H groups in total. The van der Waals surface area contributed by atoms with Gasteiger partial charge in [-0.15, -0.1) is 0 Å².